The van der Waals surface area contributed by atoms with E-state index in [1.165, 1.54) is 7.11 Å². The predicted molar refractivity (Wildman–Crippen MR) is 73.5 cm³/mol. The summed E-state index contributed by atoms with van der Waals surface area (Å²) >= 11 is 0. The first-order valence-corrected chi connectivity index (χ1v) is 7.20. The average molecular weight is 349 g/mol. The number of hydrogen-bond donors (Lipinski definition) is 2. The average Bonchev–Trinajstić information content (AvgIpc) is 2.37. The summed E-state index contributed by atoms with van der Waals surface area (Å²) in [4.78, 5) is -0.923. The Morgan fingerprint density at radius 3 is 2.29 bits per heavy atom. The Morgan fingerprint density at radius 2 is 1.67 bits per heavy atom. The van der Waals surface area contributed by atoms with Crippen molar-refractivity contribution in [3.05, 3.63) is 29.6 Å². The highest BCUT2D eigenvalue weighted by atomic mass is 35.5. The maximum Gasteiger partial charge on any atom is 0.243 e. The van der Waals surface area contributed by atoms with E-state index < -0.39 is 32.4 Å². The van der Waals surface area contributed by atoms with Gasteiger partial charge in [0.15, 0.2) is 11.6 Å². The van der Waals surface area contributed by atoms with Gasteiger partial charge in [0.1, 0.15) is 10.7 Å². The first kappa shape index (κ1) is 20.1. The van der Waals surface area contributed by atoms with E-state index in [4.69, 9.17) is 4.74 Å². The third-order valence-corrected chi connectivity index (χ3v) is 3.82. The molecule has 1 aromatic rings. The standard InChI is InChI=1S/C11H15F3N2O3S.ClH/c1-19-5-4-15-2-3-16-20(17,18)11-7-9(13)8(12)6-10(11)14;/h6-7,15-16H,2-5H2,1H3;1H. The molecule has 0 amide bonds. The van der Waals surface area contributed by atoms with Crippen LogP contribution < -0.4 is 10.0 Å². The van der Waals surface area contributed by atoms with Gasteiger partial charge in [-0.3, -0.25) is 0 Å². The summed E-state index contributed by atoms with van der Waals surface area (Å²) in [6, 6.07) is 0.506. The molecule has 21 heavy (non-hydrogen) atoms. The maximum atomic E-state index is 13.3. The lowest BCUT2D eigenvalue weighted by molar-refractivity contribution is 0.199. The van der Waals surface area contributed by atoms with Crippen LogP contribution in [0.2, 0.25) is 0 Å². The Morgan fingerprint density at radius 1 is 1.05 bits per heavy atom. The molecule has 0 saturated carbocycles. The van der Waals surface area contributed by atoms with Crippen LogP contribution >= 0.6 is 12.4 Å². The maximum absolute atomic E-state index is 13.3. The second-order valence-corrected chi connectivity index (χ2v) is 5.57. The van der Waals surface area contributed by atoms with Crippen molar-refractivity contribution in [2.75, 3.05) is 33.4 Å². The van der Waals surface area contributed by atoms with E-state index >= 15 is 0 Å². The van der Waals surface area contributed by atoms with E-state index in [1.807, 2.05) is 0 Å². The molecule has 0 spiro atoms. The van der Waals surface area contributed by atoms with Gasteiger partial charge in [-0.05, 0) is 6.07 Å². The molecule has 1 rings (SSSR count). The SMILES string of the molecule is COCCNCCNS(=O)(=O)c1cc(F)c(F)cc1F.Cl. The van der Waals surface area contributed by atoms with Gasteiger partial charge in [-0.25, -0.2) is 26.3 Å². The molecule has 2 N–H and O–H groups in total. The molecule has 0 radical (unpaired) electrons. The summed E-state index contributed by atoms with van der Waals surface area (Å²) in [6.07, 6.45) is 0. The third kappa shape index (κ3) is 6.18. The number of methoxy groups -OCH3 is 1. The molecule has 0 aromatic heterocycles. The lowest BCUT2D eigenvalue weighted by atomic mass is 10.3. The monoisotopic (exact) mass is 348 g/mol. The Kier molecular flexibility index (Phi) is 8.83. The Bertz CT molecular complexity index is 558. The molecule has 10 heteroatoms. The summed E-state index contributed by atoms with van der Waals surface area (Å²) in [6.45, 7) is 1.25. The summed E-state index contributed by atoms with van der Waals surface area (Å²) < 4.78 is 69.3. The predicted octanol–water partition coefficient (Wildman–Crippen LogP) is 1.04. The van der Waals surface area contributed by atoms with Gasteiger partial charge in [-0.2, -0.15) is 0 Å². The first-order chi connectivity index (χ1) is 9.38. The zero-order valence-electron chi connectivity index (χ0n) is 11.2. The largest absolute Gasteiger partial charge is 0.383 e. The third-order valence-electron chi connectivity index (χ3n) is 2.34. The van der Waals surface area contributed by atoms with Gasteiger partial charge in [-0.15, -0.1) is 12.4 Å². The molecule has 122 valence electrons. The van der Waals surface area contributed by atoms with Crippen molar-refractivity contribution in [1.82, 2.24) is 10.0 Å². The highest BCUT2D eigenvalue weighted by Gasteiger charge is 2.21. The number of sulfonamides is 1. The number of hydrogen-bond acceptors (Lipinski definition) is 4. The molecule has 0 heterocycles. The number of rotatable bonds is 8. The minimum Gasteiger partial charge on any atom is -0.383 e. The summed E-state index contributed by atoms with van der Waals surface area (Å²) in [7, 11) is -2.70. The molecular weight excluding hydrogens is 333 g/mol. The molecule has 0 aliphatic rings. The van der Waals surface area contributed by atoms with Crippen LogP contribution in [0.1, 0.15) is 0 Å². The fourth-order valence-electron chi connectivity index (χ4n) is 1.36. The van der Waals surface area contributed by atoms with Crippen LogP contribution in [0.3, 0.4) is 0 Å². The van der Waals surface area contributed by atoms with Crippen molar-refractivity contribution >= 4 is 22.4 Å². The van der Waals surface area contributed by atoms with E-state index in [0.717, 1.165) is 0 Å². The van der Waals surface area contributed by atoms with E-state index in [1.54, 1.807) is 0 Å². The van der Waals surface area contributed by atoms with Crippen LogP contribution in [-0.2, 0) is 14.8 Å². The van der Waals surface area contributed by atoms with Gasteiger partial charge in [0.2, 0.25) is 10.0 Å². The molecular formula is C11H16ClF3N2O3S. The van der Waals surface area contributed by atoms with E-state index in [0.29, 0.717) is 19.2 Å². The number of nitrogens with one attached hydrogen (secondary N) is 2. The van der Waals surface area contributed by atoms with Gasteiger partial charge in [0.05, 0.1) is 6.61 Å². The number of halogens is 4. The zero-order chi connectivity index (χ0) is 15.2. The first-order valence-electron chi connectivity index (χ1n) is 5.72. The summed E-state index contributed by atoms with van der Waals surface area (Å²) in [5.41, 5.74) is 0. The molecule has 0 unspecified atom stereocenters. The van der Waals surface area contributed by atoms with Gasteiger partial charge in [-0.1, -0.05) is 0 Å². The summed E-state index contributed by atoms with van der Waals surface area (Å²) in [5.74, 6) is -4.21. The smallest absolute Gasteiger partial charge is 0.243 e. The molecule has 0 saturated heterocycles. The Labute approximate surface area is 127 Å². The lowest BCUT2D eigenvalue weighted by Gasteiger charge is -2.09. The van der Waals surface area contributed by atoms with E-state index in [9.17, 15) is 21.6 Å². The second kappa shape index (κ2) is 9.21. The number of ether oxygens (including phenoxy) is 1. The highest BCUT2D eigenvalue weighted by Crippen LogP contribution is 2.18. The molecule has 0 atom stereocenters. The molecule has 0 aliphatic heterocycles. The van der Waals surface area contributed by atoms with Crippen molar-refractivity contribution in [2.45, 2.75) is 4.90 Å². The van der Waals surface area contributed by atoms with Crippen LogP contribution in [-0.4, -0.2) is 41.8 Å². The van der Waals surface area contributed by atoms with Gasteiger partial charge in [0.25, 0.3) is 0 Å². The molecule has 0 fully saturated rings. The van der Waals surface area contributed by atoms with Crippen LogP contribution in [0, 0.1) is 17.5 Å². The van der Waals surface area contributed by atoms with Crippen LogP contribution in [0.5, 0.6) is 0 Å². The second-order valence-electron chi connectivity index (χ2n) is 3.84. The minimum absolute atomic E-state index is 0. The lowest BCUT2D eigenvalue weighted by Crippen LogP contribution is -2.33. The normalized spacial score (nSPS) is 11.2. The van der Waals surface area contributed by atoms with Crippen molar-refractivity contribution in [3.63, 3.8) is 0 Å². The van der Waals surface area contributed by atoms with Crippen molar-refractivity contribution in [2.24, 2.45) is 0 Å². The highest BCUT2D eigenvalue weighted by molar-refractivity contribution is 7.89. The van der Waals surface area contributed by atoms with Gasteiger partial charge >= 0.3 is 0 Å². The molecule has 5 nitrogen and oxygen atoms in total. The molecule has 0 bridgehead atoms. The Hall–Kier alpha value is -0.870. The zero-order valence-corrected chi connectivity index (χ0v) is 12.8. The van der Waals surface area contributed by atoms with E-state index in [2.05, 4.69) is 10.0 Å². The van der Waals surface area contributed by atoms with Crippen LogP contribution in [0.25, 0.3) is 0 Å². The van der Waals surface area contributed by atoms with Crippen LogP contribution in [0.15, 0.2) is 17.0 Å². The van der Waals surface area contributed by atoms with Gasteiger partial charge < -0.3 is 10.1 Å². The summed E-state index contributed by atoms with van der Waals surface area (Å²) in [5, 5.41) is 2.87. The Balaban J connectivity index is 0.00000400. The van der Waals surface area contributed by atoms with Crippen LogP contribution in [0.4, 0.5) is 13.2 Å². The van der Waals surface area contributed by atoms with Crippen molar-refractivity contribution in [1.29, 1.82) is 0 Å². The molecule has 1 aromatic carbocycles. The molecule has 0 aliphatic carbocycles. The fourth-order valence-corrected chi connectivity index (χ4v) is 2.46. The van der Waals surface area contributed by atoms with Crippen molar-refractivity contribution < 1.29 is 26.3 Å². The van der Waals surface area contributed by atoms with Crippen molar-refractivity contribution in [3.8, 4) is 0 Å². The number of benzene rings is 1. The topological polar surface area (TPSA) is 67.4 Å². The fraction of sp³-hybridized carbons (Fsp3) is 0.455. The quantitative estimate of drug-likeness (QED) is 0.544. The minimum atomic E-state index is -4.23. The van der Waals surface area contributed by atoms with E-state index in [-0.39, 0.29) is 31.6 Å². The van der Waals surface area contributed by atoms with Gasteiger partial charge in [0, 0.05) is 32.8 Å².